The van der Waals surface area contributed by atoms with Gasteiger partial charge in [0.25, 0.3) is 5.91 Å². The van der Waals surface area contributed by atoms with Gasteiger partial charge in [-0.25, -0.2) is 9.48 Å². The predicted octanol–water partition coefficient (Wildman–Crippen LogP) is 2.29. The van der Waals surface area contributed by atoms with E-state index < -0.39 is 17.4 Å². The summed E-state index contributed by atoms with van der Waals surface area (Å²) in [5, 5.41) is 17.1. The summed E-state index contributed by atoms with van der Waals surface area (Å²) in [6, 6.07) is 8.17. The molecule has 0 saturated carbocycles. The quantitative estimate of drug-likeness (QED) is 0.826. The molecule has 0 unspecified atom stereocenters. The molecule has 7 heteroatoms. The Morgan fingerprint density at radius 3 is 2.57 bits per heavy atom. The standard InChI is InChI=1S/C21H25N3O4/c1-2-14-6-8-15(9-7-14)24-17-5-3-4-16(17)18(23-24)19(25)22-21(20(26)27)10-12-28-13-11-21/h6-9H,2-5,10-13H2,1H3,(H,22,25)(H,26,27). The molecule has 0 atom stereocenters. The van der Waals surface area contributed by atoms with Gasteiger partial charge in [0.2, 0.25) is 0 Å². The summed E-state index contributed by atoms with van der Waals surface area (Å²) in [5.41, 5.74) is 3.21. The lowest BCUT2D eigenvalue weighted by molar-refractivity contribution is -0.148. The topological polar surface area (TPSA) is 93.5 Å². The van der Waals surface area contributed by atoms with Gasteiger partial charge in [0.15, 0.2) is 5.69 Å². The molecule has 28 heavy (non-hydrogen) atoms. The van der Waals surface area contributed by atoms with Crippen LogP contribution in [0.5, 0.6) is 0 Å². The Morgan fingerprint density at radius 1 is 1.21 bits per heavy atom. The van der Waals surface area contributed by atoms with Crippen molar-refractivity contribution in [2.75, 3.05) is 13.2 Å². The Balaban J connectivity index is 1.66. The van der Waals surface area contributed by atoms with Crippen LogP contribution in [-0.2, 0) is 28.8 Å². The van der Waals surface area contributed by atoms with Gasteiger partial charge in [0, 0.05) is 37.3 Å². The number of hydrogen-bond acceptors (Lipinski definition) is 4. The second kappa shape index (κ2) is 7.39. The Bertz CT molecular complexity index is 895. The lowest BCUT2D eigenvalue weighted by atomic mass is 9.90. The van der Waals surface area contributed by atoms with Crippen molar-refractivity contribution >= 4 is 11.9 Å². The monoisotopic (exact) mass is 383 g/mol. The van der Waals surface area contributed by atoms with Gasteiger partial charge in [-0.05, 0) is 43.4 Å². The fourth-order valence-electron chi connectivity index (χ4n) is 4.09. The van der Waals surface area contributed by atoms with E-state index in [9.17, 15) is 14.7 Å². The Kier molecular flexibility index (Phi) is 4.93. The van der Waals surface area contributed by atoms with Gasteiger partial charge >= 0.3 is 5.97 Å². The fraction of sp³-hybridized carbons (Fsp3) is 0.476. The van der Waals surface area contributed by atoms with E-state index in [0.717, 1.165) is 42.6 Å². The number of carbonyl (C=O) groups is 2. The van der Waals surface area contributed by atoms with Crippen LogP contribution >= 0.6 is 0 Å². The molecule has 4 rings (SSSR count). The van der Waals surface area contributed by atoms with Crippen molar-refractivity contribution in [2.45, 2.75) is 51.0 Å². The number of carboxylic acids is 1. The third-order valence-corrected chi connectivity index (χ3v) is 5.84. The lowest BCUT2D eigenvalue weighted by Gasteiger charge is -2.33. The van der Waals surface area contributed by atoms with Crippen molar-refractivity contribution in [1.82, 2.24) is 15.1 Å². The van der Waals surface area contributed by atoms with Gasteiger partial charge in [0.1, 0.15) is 5.54 Å². The van der Waals surface area contributed by atoms with Gasteiger partial charge in [0.05, 0.1) is 5.69 Å². The highest BCUT2D eigenvalue weighted by Crippen LogP contribution is 2.29. The molecule has 148 valence electrons. The van der Waals surface area contributed by atoms with Crippen molar-refractivity contribution in [2.24, 2.45) is 0 Å². The van der Waals surface area contributed by atoms with Crippen LogP contribution < -0.4 is 5.32 Å². The number of carbonyl (C=O) groups excluding carboxylic acids is 1. The number of aromatic nitrogens is 2. The first-order chi connectivity index (χ1) is 13.5. The van der Waals surface area contributed by atoms with Gasteiger partial charge < -0.3 is 15.2 Å². The molecule has 1 aromatic carbocycles. The summed E-state index contributed by atoms with van der Waals surface area (Å²) in [4.78, 5) is 24.9. The summed E-state index contributed by atoms with van der Waals surface area (Å²) in [7, 11) is 0. The molecule has 2 aromatic rings. The number of amides is 1. The number of nitrogens with one attached hydrogen (secondary N) is 1. The predicted molar refractivity (Wildman–Crippen MR) is 103 cm³/mol. The second-order valence-corrected chi connectivity index (χ2v) is 7.51. The minimum absolute atomic E-state index is 0.259. The van der Waals surface area contributed by atoms with Crippen LogP contribution in [0.2, 0.25) is 0 Å². The number of aryl methyl sites for hydroxylation is 1. The fourth-order valence-corrected chi connectivity index (χ4v) is 4.09. The van der Waals surface area contributed by atoms with Crippen LogP contribution in [0.15, 0.2) is 24.3 Å². The summed E-state index contributed by atoms with van der Waals surface area (Å²) in [6.07, 6.45) is 4.10. The van der Waals surface area contributed by atoms with Gasteiger partial charge in [-0.15, -0.1) is 0 Å². The van der Waals surface area contributed by atoms with Crippen LogP contribution in [0.1, 0.15) is 53.5 Å². The van der Waals surface area contributed by atoms with E-state index in [4.69, 9.17) is 4.74 Å². The number of rotatable bonds is 5. The molecule has 1 saturated heterocycles. The smallest absolute Gasteiger partial charge is 0.329 e. The molecule has 0 bridgehead atoms. The Labute approximate surface area is 163 Å². The molecule has 1 aromatic heterocycles. The second-order valence-electron chi connectivity index (χ2n) is 7.51. The molecule has 1 aliphatic heterocycles. The van der Waals surface area contributed by atoms with Crippen LogP contribution in [0.4, 0.5) is 0 Å². The highest BCUT2D eigenvalue weighted by Gasteiger charge is 2.43. The number of aliphatic carboxylic acids is 1. The molecule has 0 radical (unpaired) electrons. The van der Waals surface area contributed by atoms with Gasteiger partial charge in [-0.1, -0.05) is 19.1 Å². The summed E-state index contributed by atoms with van der Waals surface area (Å²) < 4.78 is 7.12. The van der Waals surface area contributed by atoms with E-state index in [1.807, 2.05) is 16.8 Å². The minimum atomic E-state index is -1.28. The average molecular weight is 383 g/mol. The molecule has 2 N–H and O–H groups in total. The van der Waals surface area contributed by atoms with Crippen molar-refractivity contribution in [3.8, 4) is 5.69 Å². The van der Waals surface area contributed by atoms with E-state index >= 15 is 0 Å². The molecular weight excluding hydrogens is 358 g/mol. The van der Waals surface area contributed by atoms with E-state index in [1.54, 1.807) is 0 Å². The number of fused-ring (bicyclic) bond motifs is 1. The highest BCUT2D eigenvalue weighted by atomic mass is 16.5. The maximum atomic E-state index is 13.0. The van der Waals surface area contributed by atoms with E-state index in [-0.39, 0.29) is 12.8 Å². The van der Waals surface area contributed by atoms with E-state index in [0.29, 0.717) is 18.9 Å². The molecule has 2 aliphatic rings. The number of nitrogens with zero attached hydrogens (tertiary/aromatic N) is 2. The van der Waals surface area contributed by atoms with Gasteiger partial charge in [-0.2, -0.15) is 5.10 Å². The summed E-state index contributed by atoms with van der Waals surface area (Å²) in [6.45, 7) is 2.75. The number of benzene rings is 1. The van der Waals surface area contributed by atoms with Gasteiger partial charge in [-0.3, -0.25) is 4.79 Å². The van der Waals surface area contributed by atoms with Crippen molar-refractivity contribution in [3.63, 3.8) is 0 Å². The molecule has 2 heterocycles. The van der Waals surface area contributed by atoms with Crippen LogP contribution in [-0.4, -0.2) is 45.5 Å². The SMILES string of the molecule is CCc1ccc(-n2nc(C(=O)NC3(C(=O)O)CCOCC3)c3c2CCC3)cc1. The normalized spacial score (nSPS) is 17.9. The molecule has 0 spiro atoms. The average Bonchev–Trinajstić information content (AvgIpc) is 3.31. The first-order valence-electron chi connectivity index (χ1n) is 9.88. The summed E-state index contributed by atoms with van der Waals surface area (Å²) in [5.74, 6) is -1.43. The van der Waals surface area contributed by atoms with Crippen LogP contribution in [0.3, 0.4) is 0 Å². The molecule has 1 aliphatic carbocycles. The number of ether oxygens (including phenoxy) is 1. The Hall–Kier alpha value is -2.67. The third-order valence-electron chi connectivity index (χ3n) is 5.84. The molecule has 1 amide bonds. The first-order valence-corrected chi connectivity index (χ1v) is 9.88. The zero-order valence-corrected chi connectivity index (χ0v) is 16.0. The van der Waals surface area contributed by atoms with Crippen LogP contribution in [0.25, 0.3) is 5.69 Å². The van der Waals surface area contributed by atoms with Crippen LogP contribution in [0, 0.1) is 0 Å². The van der Waals surface area contributed by atoms with E-state index in [1.165, 1.54) is 5.56 Å². The minimum Gasteiger partial charge on any atom is -0.480 e. The number of hydrogen-bond donors (Lipinski definition) is 2. The van der Waals surface area contributed by atoms with Crippen molar-refractivity contribution in [1.29, 1.82) is 0 Å². The highest BCUT2D eigenvalue weighted by molar-refractivity contribution is 5.98. The van der Waals surface area contributed by atoms with E-state index in [2.05, 4.69) is 29.5 Å². The zero-order valence-electron chi connectivity index (χ0n) is 16.0. The largest absolute Gasteiger partial charge is 0.480 e. The lowest BCUT2D eigenvalue weighted by Crippen LogP contribution is -2.57. The van der Waals surface area contributed by atoms with Crippen molar-refractivity contribution < 1.29 is 19.4 Å². The Morgan fingerprint density at radius 2 is 1.93 bits per heavy atom. The first kappa shape index (κ1) is 18.7. The summed E-state index contributed by atoms with van der Waals surface area (Å²) >= 11 is 0. The molecular formula is C21H25N3O4. The number of carboxylic acid groups (broad SMARTS) is 1. The maximum Gasteiger partial charge on any atom is 0.329 e. The third kappa shape index (κ3) is 3.20. The molecule has 1 fully saturated rings. The van der Waals surface area contributed by atoms with Crippen molar-refractivity contribution in [3.05, 3.63) is 46.8 Å². The molecule has 7 nitrogen and oxygen atoms in total. The maximum absolute atomic E-state index is 13.0. The zero-order chi connectivity index (χ0) is 19.7.